The third-order valence-corrected chi connectivity index (χ3v) is 3.00. The number of hydrogen-bond acceptors (Lipinski definition) is 2. The van der Waals surface area contributed by atoms with Crippen LogP contribution in [0.15, 0.2) is 12.1 Å². The van der Waals surface area contributed by atoms with E-state index >= 15 is 0 Å². The van der Waals surface area contributed by atoms with Crippen molar-refractivity contribution in [2.45, 2.75) is 33.6 Å². The van der Waals surface area contributed by atoms with Crippen LogP contribution in [-0.2, 0) is 4.79 Å². The molecule has 1 aliphatic carbocycles. The SMILES string of the molecule is Cc1cc(C)c(OCC(=O)C2CC2)c(C)c1. The van der Waals surface area contributed by atoms with Crippen LogP contribution in [0.25, 0.3) is 0 Å². The number of carbonyl (C=O) groups excluding carboxylic acids is 1. The van der Waals surface area contributed by atoms with Crippen molar-refractivity contribution in [3.05, 3.63) is 28.8 Å². The summed E-state index contributed by atoms with van der Waals surface area (Å²) < 4.78 is 5.64. The molecule has 1 saturated carbocycles. The van der Waals surface area contributed by atoms with E-state index in [0.29, 0.717) is 0 Å². The molecule has 2 nitrogen and oxygen atoms in total. The van der Waals surface area contributed by atoms with Crippen molar-refractivity contribution in [2.24, 2.45) is 5.92 Å². The van der Waals surface area contributed by atoms with Gasteiger partial charge in [0.15, 0.2) is 5.78 Å². The first-order valence-corrected chi connectivity index (χ1v) is 5.81. The van der Waals surface area contributed by atoms with E-state index in [0.717, 1.165) is 29.7 Å². The lowest BCUT2D eigenvalue weighted by Gasteiger charge is -2.12. The first-order valence-electron chi connectivity index (χ1n) is 5.81. The molecule has 2 rings (SSSR count). The number of ether oxygens (including phenoxy) is 1. The predicted octanol–water partition coefficient (Wildman–Crippen LogP) is 2.97. The van der Waals surface area contributed by atoms with Crippen LogP contribution in [0.1, 0.15) is 29.5 Å². The average molecular weight is 218 g/mol. The summed E-state index contributed by atoms with van der Waals surface area (Å²) in [7, 11) is 0. The highest BCUT2D eigenvalue weighted by atomic mass is 16.5. The Kier molecular flexibility index (Phi) is 2.99. The summed E-state index contributed by atoms with van der Waals surface area (Å²) in [4.78, 5) is 11.5. The molecule has 0 radical (unpaired) electrons. The van der Waals surface area contributed by atoms with Crippen LogP contribution in [0.4, 0.5) is 0 Å². The highest BCUT2D eigenvalue weighted by Gasteiger charge is 2.29. The van der Waals surface area contributed by atoms with Crippen molar-refractivity contribution in [1.82, 2.24) is 0 Å². The largest absolute Gasteiger partial charge is 0.485 e. The summed E-state index contributed by atoms with van der Waals surface area (Å²) in [5.41, 5.74) is 3.46. The molecule has 1 fully saturated rings. The Labute approximate surface area is 96.6 Å². The Balaban J connectivity index is 2.05. The topological polar surface area (TPSA) is 26.3 Å². The van der Waals surface area contributed by atoms with Gasteiger partial charge in [0, 0.05) is 5.92 Å². The van der Waals surface area contributed by atoms with Crippen LogP contribution >= 0.6 is 0 Å². The maximum Gasteiger partial charge on any atom is 0.173 e. The zero-order chi connectivity index (χ0) is 11.7. The molecule has 1 aliphatic rings. The summed E-state index contributed by atoms with van der Waals surface area (Å²) in [5.74, 6) is 1.41. The van der Waals surface area contributed by atoms with E-state index in [1.807, 2.05) is 13.8 Å². The monoisotopic (exact) mass is 218 g/mol. The third kappa shape index (κ3) is 2.43. The second-order valence-electron chi connectivity index (χ2n) is 4.76. The van der Waals surface area contributed by atoms with E-state index in [-0.39, 0.29) is 18.3 Å². The molecule has 0 amide bonds. The van der Waals surface area contributed by atoms with Gasteiger partial charge in [-0.1, -0.05) is 17.7 Å². The third-order valence-electron chi connectivity index (χ3n) is 3.00. The summed E-state index contributed by atoms with van der Waals surface area (Å²) in [6.07, 6.45) is 2.10. The molecular weight excluding hydrogens is 200 g/mol. The number of rotatable bonds is 4. The van der Waals surface area contributed by atoms with Crippen molar-refractivity contribution in [1.29, 1.82) is 0 Å². The molecule has 0 N–H and O–H groups in total. The van der Waals surface area contributed by atoms with E-state index in [2.05, 4.69) is 19.1 Å². The second kappa shape index (κ2) is 4.28. The number of Topliss-reactive ketones (excluding diaryl/α,β-unsaturated/α-hetero) is 1. The molecule has 0 spiro atoms. The van der Waals surface area contributed by atoms with E-state index in [1.54, 1.807) is 0 Å². The van der Waals surface area contributed by atoms with Crippen LogP contribution in [0.2, 0.25) is 0 Å². The van der Waals surface area contributed by atoms with Crippen molar-refractivity contribution in [3.63, 3.8) is 0 Å². The maximum atomic E-state index is 11.5. The van der Waals surface area contributed by atoms with Crippen LogP contribution < -0.4 is 4.74 Å². The summed E-state index contributed by atoms with van der Waals surface area (Å²) >= 11 is 0. The molecule has 0 atom stereocenters. The van der Waals surface area contributed by atoms with E-state index in [4.69, 9.17) is 4.74 Å². The Morgan fingerprint density at radius 3 is 2.31 bits per heavy atom. The first kappa shape index (κ1) is 11.2. The van der Waals surface area contributed by atoms with Crippen LogP contribution in [0.5, 0.6) is 5.75 Å². The van der Waals surface area contributed by atoms with Gasteiger partial charge in [0.25, 0.3) is 0 Å². The minimum atomic E-state index is 0.232. The highest BCUT2D eigenvalue weighted by molar-refractivity contribution is 5.84. The first-order chi connectivity index (χ1) is 7.58. The molecule has 0 unspecified atom stereocenters. The lowest BCUT2D eigenvalue weighted by atomic mass is 10.1. The summed E-state index contributed by atoms with van der Waals surface area (Å²) in [6.45, 7) is 6.35. The standard InChI is InChI=1S/C14H18O2/c1-9-6-10(2)14(11(3)7-9)16-8-13(15)12-4-5-12/h6-7,12H,4-5,8H2,1-3H3. The van der Waals surface area contributed by atoms with Crippen LogP contribution in [0, 0.1) is 26.7 Å². The van der Waals surface area contributed by atoms with Gasteiger partial charge in [-0.15, -0.1) is 0 Å². The van der Waals surface area contributed by atoms with Crippen molar-refractivity contribution < 1.29 is 9.53 Å². The van der Waals surface area contributed by atoms with E-state index in [1.165, 1.54) is 5.56 Å². The van der Waals surface area contributed by atoms with E-state index in [9.17, 15) is 4.79 Å². The molecule has 0 aliphatic heterocycles. The normalized spacial score (nSPS) is 14.9. The van der Waals surface area contributed by atoms with Crippen molar-refractivity contribution in [3.8, 4) is 5.75 Å². The zero-order valence-electron chi connectivity index (χ0n) is 10.2. The Morgan fingerprint density at radius 2 is 1.81 bits per heavy atom. The highest BCUT2D eigenvalue weighted by Crippen LogP contribution is 2.30. The van der Waals surface area contributed by atoms with Gasteiger partial charge in [-0.2, -0.15) is 0 Å². The number of aryl methyl sites for hydroxylation is 3. The number of hydrogen-bond donors (Lipinski definition) is 0. The molecule has 0 bridgehead atoms. The van der Waals surface area contributed by atoms with Gasteiger partial charge in [0.1, 0.15) is 12.4 Å². The van der Waals surface area contributed by atoms with Gasteiger partial charge >= 0.3 is 0 Å². The minimum absolute atomic E-state index is 0.232. The summed E-state index contributed by atoms with van der Waals surface area (Å²) in [6, 6.07) is 4.17. The van der Waals surface area contributed by atoms with Crippen LogP contribution in [-0.4, -0.2) is 12.4 Å². The molecule has 1 aromatic carbocycles. The Morgan fingerprint density at radius 1 is 1.25 bits per heavy atom. The molecule has 2 heteroatoms. The van der Waals surface area contributed by atoms with Crippen molar-refractivity contribution in [2.75, 3.05) is 6.61 Å². The van der Waals surface area contributed by atoms with Gasteiger partial charge in [-0.3, -0.25) is 4.79 Å². The fourth-order valence-electron chi connectivity index (χ4n) is 2.06. The van der Waals surface area contributed by atoms with Gasteiger partial charge in [0.2, 0.25) is 0 Å². The fourth-order valence-corrected chi connectivity index (χ4v) is 2.06. The van der Waals surface area contributed by atoms with Crippen LogP contribution in [0.3, 0.4) is 0 Å². The molecular formula is C14H18O2. The fraction of sp³-hybridized carbons (Fsp3) is 0.500. The smallest absolute Gasteiger partial charge is 0.173 e. The zero-order valence-corrected chi connectivity index (χ0v) is 10.2. The quantitative estimate of drug-likeness (QED) is 0.776. The van der Waals surface area contributed by atoms with Gasteiger partial charge in [-0.05, 0) is 44.7 Å². The summed E-state index contributed by atoms with van der Waals surface area (Å²) in [5, 5.41) is 0. The maximum absolute atomic E-state index is 11.5. The molecule has 0 aromatic heterocycles. The van der Waals surface area contributed by atoms with Gasteiger partial charge < -0.3 is 4.74 Å². The van der Waals surface area contributed by atoms with Crippen molar-refractivity contribution >= 4 is 5.78 Å². The number of ketones is 1. The average Bonchev–Trinajstić information content (AvgIpc) is 2.98. The molecule has 0 heterocycles. The Hall–Kier alpha value is -1.31. The van der Waals surface area contributed by atoms with Gasteiger partial charge in [0.05, 0.1) is 0 Å². The molecule has 1 aromatic rings. The lowest BCUT2D eigenvalue weighted by Crippen LogP contribution is -2.13. The predicted molar refractivity (Wildman–Crippen MR) is 63.9 cm³/mol. The molecule has 16 heavy (non-hydrogen) atoms. The minimum Gasteiger partial charge on any atom is -0.485 e. The molecule has 86 valence electrons. The number of benzene rings is 1. The van der Waals surface area contributed by atoms with Gasteiger partial charge in [-0.25, -0.2) is 0 Å². The second-order valence-corrected chi connectivity index (χ2v) is 4.76. The Bertz CT molecular complexity index is 394. The molecule has 0 saturated heterocycles. The van der Waals surface area contributed by atoms with E-state index < -0.39 is 0 Å². The number of carbonyl (C=O) groups is 1. The lowest BCUT2D eigenvalue weighted by molar-refractivity contribution is -0.122.